The van der Waals surface area contributed by atoms with E-state index in [0.29, 0.717) is 24.5 Å². The second-order valence-electron chi connectivity index (χ2n) is 3.97. The summed E-state index contributed by atoms with van der Waals surface area (Å²) in [6.45, 7) is 2.56. The van der Waals surface area contributed by atoms with Crippen molar-refractivity contribution in [2.45, 2.75) is 13.0 Å². The van der Waals surface area contributed by atoms with E-state index in [1.165, 1.54) is 6.92 Å². The lowest BCUT2D eigenvalue weighted by atomic mass is 10.1. The fourth-order valence-electron chi connectivity index (χ4n) is 1.53. The second-order valence-corrected chi connectivity index (χ2v) is 3.97. The first-order chi connectivity index (χ1) is 8.15. The highest BCUT2D eigenvalue weighted by Gasteiger charge is 2.20. The van der Waals surface area contributed by atoms with Gasteiger partial charge in [0.1, 0.15) is 0 Å². The summed E-state index contributed by atoms with van der Waals surface area (Å²) in [5.74, 6) is -0.305. The largest absolute Gasteiger partial charge is 0.377 e. The lowest BCUT2D eigenvalue weighted by molar-refractivity contribution is -0.114. The number of anilines is 1. The Morgan fingerprint density at radius 1 is 1.35 bits per heavy atom. The zero-order valence-corrected chi connectivity index (χ0v) is 9.53. The fourth-order valence-corrected chi connectivity index (χ4v) is 1.53. The molecule has 2 N–H and O–H groups in total. The molecule has 0 atom stereocenters. The summed E-state index contributed by atoms with van der Waals surface area (Å²) in [5, 5.41) is 5.47. The number of hydrogen-bond acceptors (Lipinski definition) is 3. The highest BCUT2D eigenvalue weighted by molar-refractivity contribution is 5.96. The van der Waals surface area contributed by atoms with Crippen LogP contribution in [-0.4, -0.2) is 31.1 Å². The number of rotatable bonds is 3. The van der Waals surface area contributed by atoms with E-state index in [4.69, 9.17) is 4.74 Å². The van der Waals surface area contributed by atoms with Crippen molar-refractivity contribution in [2.24, 2.45) is 0 Å². The number of carbonyl (C=O) groups is 2. The van der Waals surface area contributed by atoms with E-state index in [-0.39, 0.29) is 17.9 Å². The van der Waals surface area contributed by atoms with Crippen molar-refractivity contribution in [3.05, 3.63) is 29.8 Å². The molecule has 0 bridgehead atoms. The minimum Gasteiger partial charge on any atom is -0.377 e. The predicted octanol–water partition coefficient (Wildman–Crippen LogP) is 0.774. The number of ether oxygens (including phenoxy) is 1. The summed E-state index contributed by atoms with van der Waals surface area (Å²) in [6.07, 6.45) is 0. The minimum absolute atomic E-state index is 0.104. The first-order valence-corrected chi connectivity index (χ1v) is 5.41. The molecular weight excluding hydrogens is 220 g/mol. The Labute approximate surface area is 99.2 Å². The van der Waals surface area contributed by atoms with Crippen LogP contribution in [0.15, 0.2) is 24.3 Å². The number of carbonyl (C=O) groups excluding carboxylic acids is 2. The van der Waals surface area contributed by atoms with Crippen molar-refractivity contribution in [2.75, 3.05) is 18.5 Å². The van der Waals surface area contributed by atoms with Gasteiger partial charge < -0.3 is 15.4 Å². The monoisotopic (exact) mass is 234 g/mol. The molecule has 0 spiro atoms. The van der Waals surface area contributed by atoms with Crippen LogP contribution >= 0.6 is 0 Å². The van der Waals surface area contributed by atoms with Crippen LogP contribution in [0.25, 0.3) is 0 Å². The zero-order valence-electron chi connectivity index (χ0n) is 9.53. The van der Waals surface area contributed by atoms with Gasteiger partial charge in [0.25, 0.3) is 5.91 Å². The third-order valence-corrected chi connectivity index (χ3v) is 2.42. The molecule has 0 radical (unpaired) electrons. The third kappa shape index (κ3) is 3.04. The standard InChI is InChI=1S/C12H14N2O3/c1-8(15)13-10-4-2-3-9(5-10)12(16)14-11-6-17-7-11/h2-5,11H,6-7H2,1H3,(H,13,15)(H,14,16). The maximum atomic E-state index is 11.8. The number of benzene rings is 1. The van der Waals surface area contributed by atoms with Crippen LogP contribution < -0.4 is 10.6 Å². The van der Waals surface area contributed by atoms with Crippen LogP contribution in [0.4, 0.5) is 5.69 Å². The Bertz CT molecular complexity index is 441. The molecule has 1 heterocycles. The van der Waals surface area contributed by atoms with Crippen molar-refractivity contribution >= 4 is 17.5 Å². The molecule has 0 saturated carbocycles. The number of amides is 2. The van der Waals surface area contributed by atoms with Gasteiger partial charge in [0.05, 0.1) is 19.3 Å². The van der Waals surface area contributed by atoms with Gasteiger partial charge in [-0.15, -0.1) is 0 Å². The summed E-state index contributed by atoms with van der Waals surface area (Å²) in [6, 6.07) is 6.94. The first kappa shape index (κ1) is 11.6. The Morgan fingerprint density at radius 3 is 2.71 bits per heavy atom. The van der Waals surface area contributed by atoms with Crippen molar-refractivity contribution in [3.8, 4) is 0 Å². The van der Waals surface area contributed by atoms with Crippen molar-refractivity contribution in [1.82, 2.24) is 5.32 Å². The molecule has 1 aromatic carbocycles. The maximum Gasteiger partial charge on any atom is 0.251 e. The third-order valence-electron chi connectivity index (χ3n) is 2.42. The molecule has 0 aliphatic carbocycles. The summed E-state index contributed by atoms with van der Waals surface area (Å²) in [4.78, 5) is 22.7. The van der Waals surface area contributed by atoms with Gasteiger partial charge in [0, 0.05) is 18.2 Å². The molecule has 1 fully saturated rings. The van der Waals surface area contributed by atoms with Crippen LogP contribution in [0.3, 0.4) is 0 Å². The van der Waals surface area contributed by atoms with Gasteiger partial charge in [-0.05, 0) is 18.2 Å². The summed E-state index contributed by atoms with van der Waals surface area (Å²) in [7, 11) is 0. The Morgan fingerprint density at radius 2 is 2.12 bits per heavy atom. The molecule has 90 valence electrons. The molecule has 0 unspecified atom stereocenters. The van der Waals surface area contributed by atoms with E-state index in [9.17, 15) is 9.59 Å². The molecule has 1 saturated heterocycles. The van der Waals surface area contributed by atoms with Gasteiger partial charge in [-0.2, -0.15) is 0 Å². The maximum absolute atomic E-state index is 11.8. The SMILES string of the molecule is CC(=O)Nc1cccc(C(=O)NC2COC2)c1. The van der Waals surface area contributed by atoms with Crippen LogP contribution in [0, 0.1) is 0 Å². The van der Waals surface area contributed by atoms with E-state index < -0.39 is 0 Å². The average molecular weight is 234 g/mol. The van der Waals surface area contributed by atoms with Gasteiger partial charge >= 0.3 is 0 Å². The van der Waals surface area contributed by atoms with Gasteiger partial charge in [-0.3, -0.25) is 9.59 Å². The minimum atomic E-state index is -0.157. The topological polar surface area (TPSA) is 67.4 Å². The smallest absolute Gasteiger partial charge is 0.251 e. The second kappa shape index (κ2) is 4.97. The van der Waals surface area contributed by atoms with Crippen molar-refractivity contribution in [3.63, 3.8) is 0 Å². The highest BCUT2D eigenvalue weighted by Crippen LogP contribution is 2.11. The Balaban J connectivity index is 2.03. The Hall–Kier alpha value is -1.88. The van der Waals surface area contributed by atoms with E-state index in [1.807, 2.05) is 0 Å². The quantitative estimate of drug-likeness (QED) is 0.812. The predicted molar refractivity (Wildman–Crippen MR) is 62.8 cm³/mol. The summed E-state index contributed by atoms with van der Waals surface area (Å²) < 4.78 is 4.98. The molecule has 1 aliphatic rings. The van der Waals surface area contributed by atoms with Crippen molar-refractivity contribution in [1.29, 1.82) is 0 Å². The lowest BCUT2D eigenvalue weighted by Crippen LogP contribution is -2.48. The molecule has 5 nitrogen and oxygen atoms in total. The van der Waals surface area contributed by atoms with Gasteiger partial charge in [0.15, 0.2) is 0 Å². The van der Waals surface area contributed by atoms with Crippen molar-refractivity contribution < 1.29 is 14.3 Å². The number of nitrogens with one attached hydrogen (secondary N) is 2. The molecule has 17 heavy (non-hydrogen) atoms. The summed E-state index contributed by atoms with van der Waals surface area (Å²) in [5.41, 5.74) is 1.15. The number of hydrogen-bond donors (Lipinski definition) is 2. The van der Waals surface area contributed by atoms with E-state index >= 15 is 0 Å². The molecule has 1 aromatic rings. The van der Waals surface area contributed by atoms with Crippen LogP contribution in [0.2, 0.25) is 0 Å². The summed E-state index contributed by atoms with van der Waals surface area (Å²) >= 11 is 0. The molecule has 2 rings (SSSR count). The van der Waals surface area contributed by atoms with Gasteiger partial charge in [-0.1, -0.05) is 6.07 Å². The van der Waals surface area contributed by atoms with Crippen LogP contribution in [0.1, 0.15) is 17.3 Å². The fraction of sp³-hybridized carbons (Fsp3) is 0.333. The average Bonchev–Trinajstić information content (AvgIpc) is 2.22. The van der Waals surface area contributed by atoms with E-state index in [0.717, 1.165) is 0 Å². The molecule has 5 heteroatoms. The molecule has 1 aliphatic heterocycles. The highest BCUT2D eigenvalue weighted by atomic mass is 16.5. The van der Waals surface area contributed by atoms with Crippen LogP contribution in [0.5, 0.6) is 0 Å². The van der Waals surface area contributed by atoms with E-state index in [1.54, 1.807) is 24.3 Å². The lowest BCUT2D eigenvalue weighted by Gasteiger charge is -2.26. The van der Waals surface area contributed by atoms with Gasteiger partial charge in [-0.25, -0.2) is 0 Å². The van der Waals surface area contributed by atoms with Gasteiger partial charge in [0.2, 0.25) is 5.91 Å². The Kier molecular flexibility index (Phi) is 3.39. The molecular formula is C12H14N2O3. The molecule has 0 aromatic heterocycles. The zero-order chi connectivity index (χ0) is 12.3. The van der Waals surface area contributed by atoms with Crippen LogP contribution in [-0.2, 0) is 9.53 Å². The van der Waals surface area contributed by atoms with E-state index in [2.05, 4.69) is 10.6 Å². The molecule has 2 amide bonds. The normalized spacial score (nSPS) is 14.9. The first-order valence-electron chi connectivity index (χ1n) is 5.41.